The second kappa shape index (κ2) is 7.63. The van der Waals surface area contributed by atoms with Crippen molar-refractivity contribution < 1.29 is 4.79 Å². The summed E-state index contributed by atoms with van der Waals surface area (Å²) < 4.78 is 2.37. The number of nitrogens with one attached hydrogen (secondary N) is 1. The van der Waals surface area contributed by atoms with E-state index in [0.717, 1.165) is 15.7 Å². The fourth-order valence-electron chi connectivity index (χ4n) is 2.68. The van der Waals surface area contributed by atoms with Gasteiger partial charge in [-0.15, -0.1) is 0 Å². The maximum absolute atomic E-state index is 12.4. The minimum Gasteiger partial charge on any atom is -0.324 e. The number of amides is 1. The molecule has 0 saturated carbocycles. The Morgan fingerprint density at radius 2 is 1.74 bits per heavy atom. The highest BCUT2D eigenvalue weighted by Crippen LogP contribution is 2.19. The van der Waals surface area contributed by atoms with Crippen LogP contribution in [0.4, 0.5) is 5.69 Å². The first-order valence-corrected chi connectivity index (χ1v) is 8.69. The molecule has 138 valence electrons. The van der Waals surface area contributed by atoms with Gasteiger partial charge in [0, 0.05) is 23.1 Å². The van der Waals surface area contributed by atoms with E-state index < -0.39 is 17.0 Å². The van der Waals surface area contributed by atoms with Gasteiger partial charge in [-0.2, -0.15) is 0 Å². The average molecular weight is 384 g/mol. The lowest BCUT2D eigenvalue weighted by atomic mass is 10.2. The van der Waals surface area contributed by atoms with Gasteiger partial charge in [-0.3, -0.25) is 23.5 Å². The molecule has 0 fully saturated rings. The van der Waals surface area contributed by atoms with E-state index in [9.17, 15) is 14.4 Å². The van der Waals surface area contributed by atoms with Crippen LogP contribution in [0.1, 0.15) is 11.1 Å². The number of carbonyl (C=O) groups is 1. The second-order valence-corrected chi connectivity index (χ2v) is 6.61. The molecule has 0 aliphatic rings. The molecule has 1 aromatic heterocycles. The summed E-state index contributed by atoms with van der Waals surface area (Å²) in [6, 6.07) is 12.4. The molecule has 3 rings (SSSR count). The Kier molecular flexibility index (Phi) is 5.28. The van der Waals surface area contributed by atoms with Crippen LogP contribution in [-0.4, -0.2) is 15.0 Å². The Labute approximate surface area is 160 Å². The summed E-state index contributed by atoms with van der Waals surface area (Å²) in [5.74, 6) is -0.426. The monoisotopic (exact) mass is 383 g/mol. The van der Waals surface area contributed by atoms with Crippen molar-refractivity contribution in [1.29, 1.82) is 0 Å². The predicted molar refractivity (Wildman–Crippen MR) is 106 cm³/mol. The molecule has 0 saturated heterocycles. The number of hydrogen-bond donors (Lipinski definition) is 1. The zero-order chi connectivity index (χ0) is 19.6. The first-order valence-electron chi connectivity index (χ1n) is 8.31. The minimum absolute atomic E-state index is 0.270. The Morgan fingerprint density at radius 3 is 2.44 bits per heavy atom. The van der Waals surface area contributed by atoms with Crippen molar-refractivity contribution in [3.63, 3.8) is 0 Å². The summed E-state index contributed by atoms with van der Waals surface area (Å²) in [7, 11) is 0. The number of carbonyl (C=O) groups excluding carboxylic acids is 1. The highest BCUT2D eigenvalue weighted by atomic mass is 35.5. The first-order chi connectivity index (χ1) is 12.9. The average Bonchev–Trinajstić information content (AvgIpc) is 2.63. The Bertz CT molecular complexity index is 1130. The molecule has 3 aromatic rings. The molecule has 0 atom stereocenters. The summed E-state index contributed by atoms with van der Waals surface area (Å²) in [4.78, 5) is 37.1. The summed E-state index contributed by atoms with van der Waals surface area (Å²) in [6.07, 6.45) is 2.92. The topological polar surface area (TPSA) is 73.1 Å². The van der Waals surface area contributed by atoms with Gasteiger partial charge in [0.15, 0.2) is 0 Å². The third-order valence-corrected chi connectivity index (χ3v) is 4.61. The van der Waals surface area contributed by atoms with Crippen LogP contribution in [0.25, 0.3) is 5.69 Å². The number of benzene rings is 2. The number of para-hydroxylation sites is 1. The molecule has 0 aliphatic heterocycles. The molecular weight excluding hydrogens is 366 g/mol. The van der Waals surface area contributed by atoms with Gasteiger partial charge in [-0.1, -0.05) is 35.9 Å². The van der Waals surface area contributed by atoms with Crippen molar-refractivity contribution in [2.45, 2.75) is 20.4 Å². The zero-order valence-electron chi connectivity index (χ0n) is 14.9. The minimum atomic E-state index is -0.766. The number of halogens is 1. The van der Waals surface area contributed by atoms with Crippen LogP contribution in [0.3, 0.4) is 0 Å². The van der Waals surface area contributed by atoms with Gasteiger partial charge >= 0.3 is 11.1 Å². The summed E-state index contributed by atoms with van der Waals surface area (Å²) in [6.45, 7) is 3.44. The number of rotatable bonds is 4. The molecule has 1 amide bonds. The molecule has 0 spiro atoms. The molecule has 0 aliphatic carbocycles. The number of nitrogens with zero attached hydrogens (tertiary/aromatic N) is 2. The standard InChI is InChI=1S/C20H18ClN3O3/c1-13-7-8-15(11-16(13)21)22-18(25)12-23-9-10-24(20(27)19(23)26)17-6-4-3-5-14(17)2/h3-11H,12H2,1-2H3,(H,22,25). The van der Waals surface area contributed by atoms with Crippen molar-refractivity contribution in [1.82, 2.24) is 9.13 Å². The van der Waals surface area contributed by atoms with Crippen LogP contribution in [0.15, 0.2) is 64.4 Å². The van der Waals surface area contributed by atoms with E-state index in [1.165, 1.54) is 17.0 Å². The van der Waals surface area contributed by atoms with Gasteiger partial charge < -0.3 is 5.32 Å². The van der Waals surface area contributed by atoms with Gasteiger partial charge in [-0.05, 0) is 43.2 Å². The molecular formula is C20H18ClN3O3. The third kappa shape index (κ3) is 4.01. The Hall–Kier alpha value is -3.12. The summed E-state index contributed by atoms with van der Waals surface area (Å²) >= 11 is 6.04. The van der Waals surface area contributed by atoms with E-state index in [1.54, 1.807) is 30.3 Å². The molecule has 2 aromatic carbocycles. The maximum atomic E-state index is 12.4. The molecule has 6 nitrogen and oxygen atoms in total. The first kappa shape index (κ1) is 18.7. The number of anilines is 1. The van der Waals surface area contributed by atoms with Gasteiger partial charge in [0.1, 0.15) is 6.54 Å². The SMILES string of the molecule is Cc1ccc(NC(=O)Cn2ccn(-c3ccccc3C)c(=O)c2=O)cc1Cl. The van der Waals surface area contributed by atoms with Gasteiger partial charge in [0.05, 0.1) is 5.69 Å². The van der Waals surface area contributed by atoms with Crippen LogP contribution >= 0.6 is 11.6 Å². The van der Waals surface area contributed by atoms with Gasteiger partial charge in [0.2, 0.25) is 5.91 Å². The molecule has 0 bridgehead atoms. The fourth-order valence-corrected chi connectivity index (χ4v) is 2.86. The molecule has 1 N–H and O–H groups in total. The fraction of sp³-hybridized carbons (Fsp3) is 0.150. The smallest absolute Gasteiger partial charge is 0.320 e. The highest BCUT2D eigenvalue weighted by Gasteiger charge is 2.11. The van der Waals surface area contributed by atoms with Gasteiger partial charge in [0.25, 0.3) is 0 Å². The van der Waals surface area contributed by atoms with Crippen molar-refractivity contribution in [2.75, 3.05) is 5.32 Å². The van der Waals surface area contributed by atoms with E-state index >= 15 is 0 Å². The van der Waals surface area contributed by atoms with Crippen molar-refractivity contribution in [2.24, 2.45) is 0 Å². The van der Waals surface area contributed by atoms with Crippen LogP contribution in [0.2, 0.25) is 5.02 Å². The van der Waals surface area contributed by atoms with Crippen LogP contribution in [0, 0.1) is 13.8 Å². The number of aromatic nitrogens is 2. The van der Waals surface area contributed by atoms with E-state index in [-0.39, 0.29) is 6.54 Å². The predicted octanol–water partition coefficient (Wildman–Crippen LogP) is 2.91. The Morgan fingerprint density at radius 1 is 1.00 bits per heavy atom. The summed E-state index contributed by atoms with van der Waals surface area (Å²) in [5.41, 5.74) is 1.44. The molecule has 0 unspecified atom stereocenters. The van der Waals surface area contributed by atoms with Crippen LogP contribution < -0.4 is 16.4 Å². The van der Waals surface area contributed by atoms with E-state index in [4.69, 9.17) is 11.6 Å². The second-order valence-electron chi connectivity index (χ2n) is 6.20. The highest BCUT2D eigenvalue weighted by molar-refractivity contribution is 6.31. The summed E-state index contributed by atoms with van der Waals surface area (Å²) in [5, 5.41) is 3.20. The zero-order valence-corrected chi connectivity index (χ0v) is 15.7. The van der Waals surface area contributed by atoms with E-state index in [2.05, 4.69) is 5.32 Å². The molecule has 1 heterocycles. The van der Waals surface area contributed by atoms with Crippen molar-refractivity contribution in [3.8, 4) is 5.69 Å². The molecule has 27 heavy (non-hydrogen) atoms. The lowest BCUT2D eigenvalue weighted by Gasteiger charge is -2.11. The normalized spacial score (nSPS) is 10.6. The maximum Gasteiger partial charge on any atom is 0.320 e. The number of aryl methyl sites for hydroxylation is 2. The van der Waals surface area contributed by atoms with E-state index in [0.29, 0.717) is 16.4 Å². The lowest BCUT2D eigenvalue weighted by Crippen LogP contribution is -2.41. The lowest BCUT2D eigenvalue weighted by molar-refractivity contribution is -0.116. The Balaban J connectivity index is 1.84. The quantitative estimate of drug-likeness (QED) is 0.704. The van der Waals surface area contributed by atoms with E-state index in [1.807, 2.05) is 26.0 Å². The van der Waals surface area contributed by atoms with Crippen LogP contribution in [-0.2, 0) is 11.3 Å². The van der Waals surface area contributed by atoms with Gasteiger partial charge in [-0.25, -0.2) is 0 Å². The van der Waals surface area contributed by atoms with Crippen LogP contribution in [0.5, 0.6) is 0 Å². The van der Waals surface area contributed by atoms with Crippen molar-refractivity contribution in [3.05, 3.63) is 91.7 Å². The number of hydrogen-bond acceptors (Lipinski definition) is 3. The third-order valence-electron chi connectivity index (χ3n) is 4.20. The molecule has 0 radical (unpaired) electrons. The molecule has 7 heteroatoms. The van der Waals surface area contributed by atoms with Crippen molar-refractivity contribution >= 4 is 23.2 Å². The largest absolute Gasteiger partial charge is 0.324 e.